The maximum Gasteiger partial charge on any atom is 0.272 e. The number of nitrogens with one attached hydrogen (secondary N) is 1. The van der Waals surface area contributed by atoms with E-state index in [0.717, 1.165) is 23.0 Å². The minimum atomic E-state index is -0.0844. The first-order valence-electron chi connectivity index (χ1n) is 5.83. The number of amides is 1. The van der Waals surface area contributed by atoms with E-state index in [1.165, 1.54) is 0 Å². The van der Waals surface area contributed by atoms with Gasteiger partial charge in [0.1, 0.15) is 5.69 Å². The number of halogens is 1. The van der Waals surface area contributed by atoms with E-state index < -0.39 is 0 Å². The lowest BCUT2D eigenvalue weighted by Crippen LogP contribution is -2.16. The summed E-state index contributed by atoms with van der Waals surface area (Å²) >= 11 is 3.36. The third kappa shape index (κ3) is 2.18. The molecule has 3 rings (SSSR count). The van der Waals surface area contributed by atoms with Crippen LogP contribution in [0, 0.1) is 0 Å². The number of carbonyl (C=O) groups excluding carboxylic acids is 1. The van der Waals surface area contributed by atoms with Crippen LogP contribution in [-0.4, -0.2) is 15.5 Å². The van der Waals surface area contributed by atoms with Crippen LogP contribution >= 0.6 is 15.9 Å². The summed E-state index contributed by atoms with van der Waals surface area (Å²) in [6.07, 6.45) is 7.60. The Bertz CT molecular complexity index is 589. The van der Waals surface area contributed by atoms with Gasteiger partial charge in [-0.15, -0.1) is 0 Å². The minimum absolute atomic E-state index is 0.0844. The Morgan fingerprint density at radius 1 is 1.44 bits per heavy atom. The molecule has 1 aliphatic rings. The van der Waals surface area contributed by atoms with Gasteiger partial charge in [-0.3, -0.25) is 9.78 Å². The summed E-state index contributed by atoms with van der Waals surface area (Å²) in [5, 5.41) is 2.89. The summed E-state index contributed by atoms with van der Waals surface area (Å²) in [5.41, 5.74) is 1.44. The van der Waals surface area contributed by atoms with Crippen molar-refractivity contribution in [3.05, 3.63) is 47.0 Å². The Labute approximate surface area is 113 Å². The first kappa shape index (κ1) is 11.5. The molecule has 2 aromatic rings. The highest BCUT2D eigenvalue weighted by atomic mass is 79.9. The molecule has 0 aromatic carbocycles. The molecule has 1 saturated carbocycles. The number of rotatable bonds is 3. The monoisotopic (exact) mass is 305 g/mol. The van der Waals surface area contributed by atoms with E-state index >= 15 is 0 Å². The van der Waals surface area contributed by atoms with Gasteiger partial charge in [-0.25, -0.2) is 0 Å². The Morgan fingerprint density at radius 3 is 3.00 bits per heavy atom. The van der Waals surface area contributed by atoms with Gasteiger partial charge >= 0.3 is 0 Å². The zero-order valence-electron chi connectivity index (χ0n) is 9.64. The fourth-order valence-electron chi connectivity index (χ4n) is 1.92. The highest BCUT2D eigenvalue weighted by Crippen LogP contribution is 2.36. The van der Waals surface area contributed by atoms with E-state index in [9.17, 15) is 4.79 Å². The Balaban J connectivity index is 1.83. The molecule has 2 aromatic heterocycles. The summed E-state index contributed by atoms with van der Waals surface area (Å²) in [5.74, 6) is -0.0844. The molecule has 1 fully saturated rings. The molecule has 18 heavy (non-hydrogen) atoms. The number of nitrogens with zero attached hydrogens (tertiary/aromatic N) is 2. The number of carbonyl (C=O) groups is 1. The van der Waals surface area contributed by atoms with E-state index in [-0.39, 0.29) is 5.91 Å². The average Bonchev–Trinajstić information content (AvgIpc) is 3.09. The van der Waals surface area contributed by atoms with Crippen LogP contribution in [0.2, 0.25) is 0 Å². The normalized spacial score (nSPS) is 14.5. The summed E-state index contributed by atoms with van der Waals surface area (Å²) in [4.78, 5) is 16.2. The van der Waals surface area contributed by atoms with Crippen LogP contribution in [0.4, 0.5) is 5.69 Å². The van der Waals surface area contributed by atoms with Crippen molar-refractivity contribution in [1.82, 2.24) is 9.55 Å². The van der Waals surface area contributed by atoms with Crippen molar-refractivity contribution in [3.63, 3.8) is 0 Å². The topological polar surface area (TPSA) is 46.9 Å². The Kier molecular flexibility index (Phi) is 2.91. The summed E-state index contributed by atoms with van der Waals surface area (Å²) in [7, 11) is 0. The predicted molar refractivity (Wildman–Crippen MR) is 72.6 cm³/mol. The zero-order chi connectivity index (χ0) is 12.5. The second-order valence-corrected chi connectivity index (χ2v) is 5.20. The van der Waals surface area contributed by atoms with Crippen molar-refractivity contribution < 1.29 is 4.79 Å². The SMILES string of the molecule is O=C(Nc1ccncc1Br)c1cccn1C1CC1. The van der Waals surface area contributed by atoms with E-state index in [1.54, 1.807) is 18.5 Å². The molecule has 0 spiro atoms. The van der Waals surface area contributed by atoms with Crippen LogP contribution in [0.25, 0.3) is 0 Å². The Morgan fingerprint density at radius 2 is 2.28 bits per heavy atom. The van der Waals surface area contributed by atoms with Gasteiger partial charge < -0.3 is 9.88 Å². The lowest BCUT2D eigenvalue weighted by atomic mass is 10.3. The fourth-order valence-corrected chi connectivity index (χ4v) is 2.27. The molecule has 4 nitrogen and oxygen atoms in total. The van der Waals surface area contributed by atoms with Crippen LogP contribution in [0.5, 0.6) is 0 Å². The van der Waals surface area contributed by atoms with E-state index in [4.69, 9.17) is 0 Å². The van der Waals surface area contributed by atoms with Gasteiger partial charge in [0.2, 0.25) is 0 Å². The van der Waals surface area contributed by atoms with Crippen molar-refractivity contribution >= 4 is 27.5 Å². The smallest absolute Gasteiger partial charge is 0.272 e. The summed E-state index contributed by atoms with van der Waals surface area (Å²) < 4.78 is 2.83. The standard InChI is InChI=1S/C13H12BrN3O/c14-10-8-15-6-5-11(10)16-13(18)12-2-1-7-17(12)9-3-4-9/h1-2,5-9H,3-4H2,(H,15,16,18). The molecule has 2 heterocycles. The van der Waals surface area contributed by atoms with E-state index in [2.05, 4.69) is 26.2 Å². The molecule has 0 atom stereocenters. The van der Waals surface area contributed by atoms with Gasteiger partial charge in [-0.05, 0) is 47.0 Å². The average molecular weight is 306 g/mol. The molecule has 0 saturated heterocycles. The lowest BCUT2D eigenvalue weighted by Gasteiger charge is -2.09. The molecule has 1 aliphatic carbocycles. The summed E-state index contributed by atoms with van der Waals surface area (Å²) in [6, 6.07) is 6.03. The summed E-state index contributed by atoms with van der Waals surface area (Å²) in [6.45, 7) is 0. The third-order valence-corrected chi connectivity index (χ3v) is 3.60. The number of aromatic nitrogens is 2. The van der Waals surface area contributed by atoms with Crippen LogP contribution in [0.1, 0.15) is 29.4 Å². The van der Waals surface area contributed by atoms with Crippen molar-refractivity contribution in [2.24, 2.45) is 0 Å². The van der Waals surface area contributed by atoms with Crippen LogP contribution in [0.15, 0.2) is 41.3 Å². The Hall–Kier alpha value is -1.62. The molecule has 0 unspecified atom stereocenters. The maximum atomic E-state index is 12.2. The first-order chi connectivity index (χ1) is 8.75. The molecule has 5 heteroatoms. The third-order valence-electron chi connectivity index (χ3n) is 2.97. The fraction of sp³-hybridized carbons (Fsp3) is 0.231. The second-order valence-electron chi connectivity index (χ2n) is 4.34. The van der Waals surface area contributed by atoms with E-state index in [0.29, 0.717) is 11.7 Å². The maximum absolute atomic E-state index is 12.2. The van der Waals surface area contributed by atoms with Gasteiger partial charge in [0.15, 0.2) is 0 Å². The van der Waals surface area contributed by atoms with Crippen LogP contribution < -0.4 is 5.32 Å². The number of hydrogen-bond acceptors (Lipinski definition) is 2. The number of anilines is 1. The van der Waals surface area contributed by atoms with Gasteiger partial charge in [-0.1, -0.05) is 0 Å². The van der Waals surface area contributed by atoms with E-state index in [1.807, 2.05) is 22.9 Å². The lowest BCUT2D eigenvalue weighted by molar-refractivity contribution is 0.101. The van der Waals surface area contributed by atoms with Crippen molar-refractivity contribution in [2.45, 2.75) is 18.9 Å². The van der Waals surface area contributed by atoms with Gasteiger partial charge in [0, 0.05) is 24.6 Å². The van der Waals surface area contributed by atoms with Gasteiger partial charge in [0.05, 0.1) is 10.2 Å². The first-order valence-corrected chi connectivity index (χ1v) is 6.63. The highest BCUT2D eigenvalue weighted by molar-refractivity contribution is 9.10. The zero-order valence-corrected chi connectivity index (χ0v) is 11.2. The molecular weight excluding hydrogens is 294 g/mol. The van der Waals surface area contributed by atoms with Crippen molar-refractivity contribution in [3.8, 4) is 0 Å². The van der Waals surface area contributed by atoms with Gasteiger partial charge in [-0.2, -0.15) is 0 Å². The predicted octanol–water partition coefficient (Wildman–Crippen LogP) is 3.23. The number of hydrogen-bond donors (Lipinski definition) is 1. The van der Waals surface area contributed by atoms with Crippen LogP contribution in [-0.2, 0) is 0 Å². The second kappa shape index (κ2) is 4.57. The molecule has 92 valence electrons. The molecule has 1 amide bonds. The van der Waals surface area contributed by atoms with Crippen molar-refractivity contribution in [1.29, 1.82) is 0 Å². The largest absolute Gasteiger partial charge is 0.340 e. The number of pyridine rings is 1. The molecule has 1 N–H and O–H groups in total. The van der Waals surface area contributed by atoms with Gasteiger partial charge in [0.25, 0.3) is 5.91 Å². The highest BCUT2D eigenvalue weighted by Gasteiger charge is 2.26. The minimum Gasteiger partial charge on any atom is -0.340 e. The molecular formula is C13H12BrN3O. The molecule has 0 radical (unpaired) electrons. The quantitative estimate of drug-likeness (QED) is 0.946. The molecule has 0 bridgehead atoms. The van der Waals surface area contributed by atoms with Crippen LogP contribution in [0.3, 0.4) is 0 Å². The molecule has 0 aliphatic heterocycles. The van der Waals surface area contributed by atoms with Crippen molar-refractivity contribution in [2.75, 3.05) is 5.32 Å².